The molecule has 0 aliphatic heterocycles. The Bertz CT molecular complexity index is 949. The number of fused-ring (bicyclic) bond motifs is 1. The maximum atomic E-state index is 12.9. The number of para-hydroxylation sites is 1. The molecule has 24 heavy (non-hydrogen) atoms. The van der Waals surface area contributed by atoms with Gasteiger partial charge in [0.25, 0.3) is 5.56 Å². The molecule has 0 saturated carbocycles. The summed E-state index contributed by atoms with van der Waals surface area (Å²) in [5.41, 5.74) is 2.29. The molecule has 1 N–H and O–H groups in total. The molecule has 3 aromatic rings. The Balaban J connectivity index is 2.15. The number of thioether (sulfide) groups is 1. The molecule has 0 aliphatic rings. The van der Waals surface area contributed by atoms with Gasteiger partial charge in [-0.25, -0.2) is 4.98 Å². The zero-order chi connectivity index (χ0) is 17.1. The van der Waals surface area contributed by atoms with E-state index in [0.717, 1.165) is 11.3 Å². The molecule has 5 nitrogen and oxygen atoms in total. The molecule has 0 saturated heterocycles. The van der Waals surface area contributed by atoms with Gasteiger partial charge in [0, 0.05) is 5.75 Å². The number of aliphatic carboxylic acids is 1. The zero-order valence-corrected chi connectivity index (χ0v) is 13.9. The van der Waals surface area contributed by atoms with E-state index in [1.165, 1.54) is 11.8 Å². The first kappa shape index (κ1) is 16.3. The zero-order valence-electron chi connectivity index (χ0n) is 13.1. The first-order chi connectivity index (χ1) is 11.6. The van der Waals surface area contributed by atoms with Crippen LogP contribution in [0.1, 0.15) is 12.0 Å². The molecule has 3 rings (SSSR count). The minimum atomic E-state index is -0.868. The molecule has 0 radical (unpaired) electrons. The van der Waals surface area contributed by atoms with E-state index in [1.807, 2.05) is 43.3 Å². The van der Waals surface area contributed by atoms with Gasteiger partial charge in [-0.3, -0.25) is 14.2 Å². The average Bonchev–Trinajstić information content (AvgIpc) is 2.56. The van der Waals surface area contributed by atoms with Crippen molar-refractivity contribution >= 4 is 28.6 Å². The standard InChI is InChI=1S/C18H16N2O3S/c1-12-6-8-13(9-7-12)20-17(23)14-4-2-3-5-15(14)19-18(20)24-11-10-16(21)22/h2-9H,10-11H2,1H3,(H,21,22). The summed E-state index contributed by atoms with van der Waals surface area (Å²) in [6.07, 6.45) is 0.0151. The lowest BCUT2D eigenvalue weighted by Crippen LogP contribution is -2.22. The Hall–Kier alpha value is -2.60. The second-order valence-electron chi connectivity index (χ2n) is 5.38. The number of aryl methyl sites for hydroxylation is 1. The first-order valence-corrected chi connectivity index (χ1v) is 8.48. The number of carbonyl (C=O) groups is 1. The van der Waals surface area contributed by atoms with Crippen molar-refractivity contribution in [2.75, 3.05) is 5.75 Å². The molecule has 0 unspecified atom stereocenters. The highest BCUT2D eigenvalue weighted by molar-refractivity contribution is 7.99. The topological polar surface area (TPSA) is 72.2 Å². The van der Waals surface area contributed by atoms with Crippen LogP contribution < -0.4 is 5.56 Å². The lowest BCUT2D eigenvalue weighted by atomic mass is 10.2. The predicted molar refractivity (Wildman–Crippen MR) is 95.1 cm³/mol. The van der Waals surface area contributed by atoms with Crippen LogP contribution in [0.15, 0.2) is 58.5 Å². The van der Waals surface area contributed by atoms with Gasteiger partial charge in [0.1, 0.15) is 0 Å². The summed E-state index contributed by atoms with van der Waals surface area (Å²) in [6.45, 7) is 1.98. The number of nitrogens with zero attached hydrogens (tertiary/aromatic N) is 2. The van der Waals surface area contributed by atoms with Crippen LogP contribution in [-0.2, 0) is 4.79 Å². The van der Waals surface area contributed by atoms with E-state index >= 15 is 0 Å². The molecule has 1 aromatic heterocycles. The summed E-state index contributed by atoms with van der Waals surface area (Å²) in [7, 11) is 0. The first-order valence-electron chi connectivity index (χ1n) is 7.49. The van der Waals surface area contributed by atoms with Crippen molar-refractivity contribution in [2.24, 2.45) is 0 Å². The van der Waals surface area contributed by atoms with Gasteiger partial charge in [-0.05, 0) is 31.2 Å². The third-order valence-corrected chi connectivity index (χ3v) is 4.52. The fourth-order valence-corrected chi connectivity index (χ4v) is 3.30. The lowest BCUT2D eigenvalue weighted by Gasteiger charge is -2.13. The number of hydrogen-bond donors (Lipinski definition) is 1. The van der Waals surface area contributed by atoms with Gasteiger partial charge < -0.3 is 5.11 Å². The van der Waals surface area contributed by atoms with Crippen molar-refractivity contribution in [2.45, 2.75) is 18.5 Å². The summed E-state index contributed by atoms with van der Waals surface area (Å²) >= 11 is 1.27. The second kappa shape index (κ2) is 6.88. The van der Waals surface area contributed by atoms with Crippen molar-refractivity contribution in [1.29, 1.82) is 0 Å². The third-order valence-electron chi connectivity index (χ3n) is 3.58. The number of benzene rings is 2. The van der Waals surface area contributed by atoms with Crippen LogP contribution in [0.2, 0.25) is 0 Å². The highest BCUT2D eigenvalue weighted by atomic mass is 32.2. The molecule has 0 bridgehead atoms. The normalized spacial score (nSPS) is 10.9. The molecule has 0 fully saturated rings. The highest BCUT2D eigenvalue weighted by Crippen LogP contribution is 2.22. The minimum Gasteiger partial charge on any atom is -0.481 e. The number of aromatic nitrogens is 2. The van der Waals surface area contributed by atoms with Gasteiger partial charge in [-0.2, -0.15) is 0 Å². The monoisotopic (exact) mass is 340 g/mol. The van der Waals surface area contributed by atoms with Crippen LogP contribution in [0, 0.1) is 6.92 Å². The van der Waals surface area contributed by atoms with Crippen molar-refractivity contribution in [3.63, 3.8) is 0 Å². The fourth-order valence-electron chi connectivity index (χ4n) is 2.36. The van der Waals surface area contributed by atoms with Crippen LogP contribution >= 0.6 is 11.8 Å². The fraction of sp³-hybridized carbons (Fsp3) is 0.167. The maximum Gasteiger partial charge on any atom is 0.304 e. The smallest absolute Gasteiger partial charge is 0.304 e. The Morgan fingerprint density at radius 3 is 2.58 bits per heavy atom. The average molecular weight is 340 g/mol. The van der Waals surface area contributed by atoms with Crippen LogP contribution in [-0.4, -0.2) is 26.4 Å². The van der Waals surface area contributed by atoms with Gasteiger partial charge in [-0.1, -0.05) is 41.6 Å². The van der Waals surface area contributed by atoms with E-state index in [0.29, 0.717) is 21.8 Å². The lowest BCUT2D eigenvalue weighted by molar-refractivity contribution is -0.136. The maximum absolute atomic E-state index is 12.9. The van der Waals surface area contributed by atoms with Gasteiger partial charge in [0.05, 0.1) is 23.0 Å². The molecule has 0 spiro atoms. The Kier molecular flexibility index (Phi) is 4.66. The number of carboxylic acid groups (broad SMARTS) is 1. The molecule has 0 atom stereocenters. The van der Waals surface area contributed by atoms with E-state index < -0.39 is 5.97 Å². The van der Waals surface area contributed by atoms with E-state index in [2.05, 4.69) is 4.98 Å². The minimum absolute atomic E-state index is 0.0151. The van der Waals surface area contributed by atoms with E-state index in [1.54, 1.807) is 16.7 Å². The van der Waals surface area contributed by atoms with E-state index in [9.17, 15) is 9.59 Å². The van der Waals surface area contributed by atoms with E-state index in [-0.39, 0.29) is 12.0 Å². The SMILES string of the molecule is Cc1ccc(-n2c(SCCC(=O)O)nc3ccccc3c2=O)cc1. The second-order valence-corrected chi connectivity index (χ2v) is 6.44. The van der Waals surface area contributed by atoms with E-state index in [4.69, 9.17) is 5.11 Å². The van der Waals surface area contributed by atoms with Gasteiger partial charge in [0.2, 0.25) is 0 Å². The Morgan fingerprint density at radius 2 is 1.88 bits per heavy atom. The van der Waals surface area contributed by atoms with Crippen LogP contribution in [0.5, 0.6) is 0 Å². The summed E-state index contributed by atoms with van der Waals surface area (Å²) in [6, 6.07) is 14.8. The van der Waals surface area contributed by atoms with Gasteiger partial charge >= 0.3 is 5.97 Å². The van der Waals surface area contributed by atoms with Crippen molar-refractivity contribution in [1.82, 2.24) is 9.55 Å². The number of rotatable bonds is 5. The molecule has 1 heterocycles. The molecule has 0 amide bonds. The van der Waals surface area contributed by atoms with Crippen LogP contribution in [0.3, 0.4) is 0 Å². The summed E-state index contributed by atoms with van der Waals surface area (Å²) in [5.74, 6) is -0.515. The molecule has 6 heteroatoms. The molecular formula is C18H16N2O3S. The summed E-state index contributed by atoms with van der Waals surface area (Å²) in [4.78, 5) is 28.2. The largest absolute Gasteiger partial charge is 0.481 e. The quantitative estimate of drug-likeness (QED) is 0.570. The summed E-state index contributed by atoms with van der Waals surface area (Å²) < 4.78 is 1.55. The number of hydrogen-bond acceptors (Lipinski definition) is 4. The number of carboxylic acids is 1. The predicted octanol–water partition coefficient (Wildman–Crippen LogP) is 3.26. The molecule has 122 valence electrons. The third kappa shape index (κ3) is 3.33. The Morgan fingerprint density at radius 1 is 1.17 bits per heavy atom. The highest BCUT2D eigenvalue weighted by Gasteiger charge is 2.13. The Labute approximate surface area is 143 Å². The summed E-state index contributed by atoms with van der Waals surface area (Å²) in [5, 5.41) is 9.88. The molecule has 0 aliphatic carbocycles. The van der Waals surface area contributed by atoms with Crippen LogP contribution in [0.4, 0.5) is 0 Å². The van der Waals surface area contributed by atoms with Crippen molar-refractivity contribution in [3.8, 4) is 5.69 Å². The molecule has 2 aromatic carbocycles. The van der Waals surface area contributed by atoms with Crippen molar-refractivity contribution in [3.05, 3.63) is 64.4 Å². The van der Waals surface area contributed by atoms with Crippen LogP contribution in [0.25, 0.3) is 16.6 Å². The van der Waals surface area contributed by atoms with Gasteiger partial charge in [-0.15, -0.1) is 0 Å². The van der Waals surface area contributed by atoms with Gasteiger partial charge in [0.15, 0.2) is 5.16 Å². The van der Waals surface area contributed by atoms with Crippen molar-refractivity contribution < 1.29 is 9.90 Å². The molecular weight excluding hydrogens is 324 g/mol.